The number of fused-ring (bicyclic) bond motifs is 1. The molecule has 15 heavy (non-hydrogen) atoms. The molecule has 0 radical (unpaired) electrons. The molecule has 0 bridgehead atoms. The molecule has 2 heteroatoms. The van der Waals surface area contributed by atoms with Gasteiger partial charge in [-0.3, -0.25) is 4.79 Å². The molecule has 0 N–H and O–H groups in total. The van der Waals surface area contributed by atoms with E-state index >= 15 is 0 Å². The van der Waals surface area contributed by atoms with Crippen molar-refractivity contribution in [2.75, 3.05) is 0 Å². The number of hydrogen-bond donors (Lipinski definition) is 0. The second-order valence-electron chi connectivity index (χ2n) is 6.30. The van der Waals surface area contributed by atoms with Crippen LogP contribution in [0.25, 0.3) is 0 Å². The highest BCUT2D eigenvalue weighted by Crippen LogP contribution is 2.46. The smallest absolute Gasteiger partial charge is 0.309 e. The summed E-state index contributed by atoms with van der Waals surface area (Å²) in [6.45, 7) is 8.94. The van der Waals surface area contributed by atoms with Crippen LogP contribution in [0.3, 0.4) is 0 Å². The van der Waals surface area contributed by atoms with Gasteiger partial charge in [-0.15, -0.1) is 0 Å². The molecule has 2 fully saturated rings. The number of rotatable bonds is 0. The van der Waals surface area contributed by atoms with Gasteiger partial charge in [-0.1, -0.05) is 27.7 Å². The van der Waals surface area contributed by atoms with Gasteiger partial charge in [0.2, 0.25) is 0 Å². The predicted octanol–water partition coefficient (Wildman–Crippen LogP) is 3.01. The van der Waals surface area contributed by atoms with Crippen molar-refractivity contribution in [1.29, 1.82) is 0 Å². The van der Waals surface area contributed by atoms with E-state index in [9.17, 15) is 4.79 Å². The highest BCUT2D eigenvalue weighted by Gasteiger charge is 2.46. The minimum atomic E-state index is 0.0274. The molecule has 2 aliphatic rings. The summed E-state index contributed by atoms with van der Waals surface area (Å²) in [4.78, 5) is 11.5. The molecule has 1 saturated heterocycles. The van der Waals surface area contributed by atoms with E-state index in [4.69, 9.17) is 4.74 Å². The van der Waals surface area contributed by atoms with Crippen LogP contribution in [0.4, 0.5) is 0 Å². The fraction of sp³-hybridized carbons (Fsp3) is 0.923. The van der Waals surface area contributed by atoms with Crippen LogP contribution in [0, 0.1) is 23.2 Å². The minimum Gasteiger partial charge on any atom is -0.462 e. The van der Waals surface area contributed by atoms with E-state index in [2.05, 4.69) is 20.8 Å². The lowest BCUT2D eigenvalue weighted by molar-refractivity contribution is -0.144. The Morgan fingerprint density at radius 1 is 1.27 bits per heavy atom. The molecule has 1 saturated carbocycles. The van der Waals surface area contributed by atoms with E-state index in [1.54, 1.807) is 0 Å². The van der Waals surface area contributed by atoms with Crippen LogP contribution < -0.4 is 0 Å². The molecule has 0 aromatic rings. The first-order valence-corrected chi connectivity index (χ1v) is 6.10. The van der Waals surface area contributed by atoms with Crippen LogP contribution in [-0.2, 0) is 9.53 Å². The average Bonchev–Trinajstić information content (AvgIpc) is 2.41. The molecule has 86 valence electrons. The third-order valence-electron chi connectivity index (χ3n) is 4.34. The summed E-state index contributed by atoms with van der Waals surface area (Å²) in [5.74, 6) is 1.38. The van der Waals surface area contributed by atoms with Gasteiger partial charge in [0.05, 0.1) is 5.92 Å². The van der Waals surface area contributed by atoms with Gasteiger partial charge in [0.1, 0.15) is 6.10 Å². The van der Waals surface area contributed by atoms with Gasteiger partial charge in [0, 0.05) is 5.92 Å². The second kappa shape index (κ2) is 3.50. The van der Waals surface area contributed by atoms with Crippen LogP contribution in [0.5, 0.6) is 0 Å². The zero-order valence-electron chi connectivity index (χ0n) is 10.2. The van der Waals surface area contributed by atoms with Crippen molar-refractivity contribution >= 4 is 5.97 Å². The van der Waals surface area contributed by atoms with Crippen molar-refractivity contribution < 1.29 is 9.53 Å². The fourth-order valence-corrected chi connectivity index (χ4v) is 3.07. The maximum Gasteiger partial charge on any atom is 0.309 e. The first-order chi connectivity index (χ1) is 6.89. The number of esters is 1. The van der Waals surface area contributed by atoms with Crippen molar-refractivity contribution in [2.45, 2.75) is 53.1 Å². The summed E-state index contributed by atoms with van der Waals surface area (Å²) in [5.41, 5.74) is 0.371. The first-order valence-electron chi connectivity index (χ1n) is 6.10. The molecular weight excluding hydrogens is 188 g/mol. The molecule has 1 aliphatic heterocycles. The molecule has 0 spiro atoms. The Hall–Kier alpha value is -0.530. The van der Waals surface area contributed by atoms with Crippen LogP contribution in [-0.4, -0.2) is 12.1 Å². The van der Waals surface area contributed by atoms with Crippen LogP contribution >= 0.6 is 0 Å². The van der Waals surface area contributed by atoms with E-state index in [-0.39, 0.29) is 18.0 Å². The largest absolute Gasteiger partial charge is 0.462 e. The van der Waals surface area contributed by atoms with E-state index < -0.39 is 0 Å². The molecule has 1 aliphatic carbocycles. The second-order valence-corrected chi connectivity index (χ2v) is 6.30. The Bertz CT molecular complexity index is 264. The number of carbonyl (C=O) groups is 1. The average molecular weight is 210 g/mol. The van der Waals surface area contributed by atoms with E-state index in [1.165, 1.54) is 12.8 Å². The van der Waals surface area contributed by atoms with Crippen molar-refractivity contribution in [2.24, 2.45) is 23.2 Å². The van der Waals surface area contributed by atoms with Gasteiger partial charge < -0.3 is 4.74 Å². The molecule has 2 rings (SSSR count). The number of ether oxygens (including phenoxy) is 1. The van der Waals surface area contributed by atoms with Gasteiger partial charge in [-0.2, -0.15) is 0 Å². The maximum absolute atomic E-state index is 11.5. The van der Waals surface area contributed by atoms with Gasteiger partial charge in [-0.25, -0.2) is 0 Å². The Kier molecular flexibility index (Phi) is 2.56. The molecule has 0 unspecified atom stereocenters. The lowest BCUT2D eigenvalue weighted by Gasteiger charge is -2.38. The van der Waals surface area contributed by atoms with Crippen LogP contribution in [0.1, 0.15) is 47.0 Å². The first kappa shape index (κ1) is 11.0. The summed E-state index contributed by atoms with van der Waals surface area (Å²) in [6.07, 6.45) is 3.68. The molecule has 2 nitrogen and oxygen atoms in total. The lowest BCUT2D eigenvalue weighted by atomic mass is 9.66. The topological polar surface area (TPSA) is 26.3 Å². The van der Waals surface area contributed by atoms with Crippen LogP contribution in [0.2, 0.25) is 0 Å². The summed E-state index contributed by atoms with van der Waals surface area (Å²) < 4.78 is 5.40. The summed E-state index contributed by atoms with van der Waals surface area (Å²) in [6, 6.07) is 0. The number of hydrogen-bond acceptors (Lipinski definition) is 2. The summed E-state index contributed by atoms with van der Waals surface area (Å²) in [5, 5.41) is 0. The van der Waals surface area contributed by atoms with Crippen molar-refractivity contribution in [3.05, 3.63) is 0 Å². The van der Waals surface area contributed by atoms with Crippen molar-refractivity contribution in [3.63, 3.8) is 0 Å². The quantitative estimate of drug-likeness (QED) is 0.574. The van der Waals surface area contributed by atoms with E-state index in [1.807, 2.05) is 6.92 Å². The Morgan fingerprint density at radius 2 is 1.93 bits per heavy atom. The molecule has 0 aromatic carbocycles. The van der Waals surface area contributed by atoms with E-state index in [0.29, 0.717) is 11.3 Å². The zero-order valence-corrected chi connectivity index (χ0v) is 10.2. The highest BCUT2D eigenvalue weighted by atomic mass is 16.6. The van der Waals surface area contributed by atoms with Gasteiger partial charge >= 0.3 is 5.97 Å². The monoisotopic (exact) mass is 210 g/mol. The maximum atomic E-state index is 11.5. The van der Waals surface area contributed by atoms with Crippen LogP contribution in [0.15, 0.2) is 0 Å². The summed E-state index contributed by atoms with van der Waals surface area (Å²) >= 11 is 0. The SMILES string of the molecule is C[C@@H]1C(=O)O[C@H]2CC[C@@H](C(C)(C)C)C[C@H]21. The van der Waals surface area contributed by atoms with Crippen molar-refractivity contribution in [3.8, 4) is 0 Å². The third kappa shape index (κ3) is 1.91. The molecule has 1 heterocycles. The minimum absolute atomic E-state index is 0.0274. The highest BCUT2D eigenvalue weighted by molar-refractivity contribution is 5.74. The standard InChI is InChI=1S/C13H22O2/c1-8-10-7-9(13(2,3)4)5-6-11(10)15-12(8)14/h8-11H,5-7H2,1-4H3/t8-,9+,10-,11-/m0/s1. The molecule has 4 atom stereocenters. The number of carbonyl (C=O) groups excluding carboxylic acids is 1. The molecule has 0 amide bonds. The Balaban J connectivity index is 2.08. The Labute approximate surface area is 92.4 Å². The van der Waals surface area contributed by atoms with Crippen molar-refractivity contribution in [1.82, 2.24) is 0 Å². The lowest BCUT2D eigenvalue weighted by Crippen LogP contribution is -2.34. The molecule has 0 aromatic heterocycles. The third-order valence-corrected chi connectivity index (χ3v) is 4.34. The van der Waals surface area contributed by atoms with E-state index in [0.717, 1.165) is 12.3 Å². The van der Waals surface area contributed by atoms with Gasteiger partial charge in [-0.05, 0) is 30.6 Å². The summed E-state index contributed by atoms with van der Waals surface area (Å²) in [7, 11) is 0. The fourth-order valence-electron chi connectivity index (χ4n) is 3.07. The zero-order chi connectivity index (χ0) is 11.2. The van der Waals surface area contributed by atoms with Gasteiger partial charge in [0.15, 0.2) is 0 Å². The molecular formula is C13H22O2. The predicted molar refractivity (Wildman–Crippen MR) is 59.3 cm³/mol. The van der Waals surface area contributed by atoms with Gasteiger partial charge in [0.25, 0.3) is 0 Å². The normalized spacial score (nSPS) is 41.2. The Morgan fingerprint density at radius 3 is 2.53 bits per heavy atom.